The summed E-state index contributed by atoms with van der Waals surface area (Å²) in [6.07, 6.45) is 9.02. The maximum atomic E-state index is 11.1. The number of ether oxygens (including phenoxy) is 2. The Bertz CT molecular complexity index is 403. The Hall–Kier alpha value is -0.940. The van der Waals surface area contributed by atoms with Gasteiger partial charge in [0.05, 0.1) is 24.9 Å². The molecule has 2 N–H and O–H groups in total. The summed E-state index contributed by atoms with van der Waals surface area (Å²) in [5, 5.41) is 0. The minimum atomic E-state index is -0.295. The number of hydrogen-bond acceptors (Lipinski definition) is 4. The van der Waals surface area contributed by atoms with Crippen molar-refractivity contribution < 1.29 is 20.5 Å². The van der Waals surface area contributed by atoms with E-state index in [1.54, 1.807) is 0 Å². The van der Waals surface area contributed by atoms with Gasteiger partial charge in [0, 0.05) is 19.7 Å². The fraction of sp³-hybridized carbons (Fsp3) is 0.900. The highest BCUT2D eigenvalue weighted by molar-refractivity contribution is 5.83. The van der Waals surface area contributed by atoms with Gasteiger partial charge in [0.25, 0.3) is 0 Å². The van der Waals surface area contributed by atoms with Crippen molar-refractivity contribution in [2.45, 2.75) is 97.4 Å². The van der Waals surface area contributed by atoms with Crippen LogP contribution < -0.4 is 5.73 Å². The van der Waals surface area contributed by atoms with Gasteiger partial charge in [0.15, 0.2) is 0 Å². The zero-order chi connectivity index (χ0) is 18.8. The zero-order valence-electron chi connectivity index (χ0n) is 16.5. The van der Waals surface area contributed by atoms with Crippen LogP contribution in [0.3, 0.4) is 0 Å². The normalized spacial score (nSPS) is 23.8. The molecule has 0 unspecified atom stereocenters. The van der Waals surface area contributed by atoms with Crippen LogP contribution in [0.25, 0.3) is 0 Å². The molecule has 2 aliphatic carbocycles. The number of amides is 1. The second-order valence-electron chi connectivity index (χ2n) is 7.86. The van der Waals surface area contributed by atoms with Crippen molar-refractivity contribution in [2.75, 3.05) is 6.61 Å². The number of hydrogen-bond donors (Lipinski definition) is 1. The molecule has 2 fully saturated rings. The third kappa shape index (κ3) is 9.36. The van der Waals surface area contributed by atoms with Crippen LogP contribution in [0, 0.1) is 11.8 Å². The Morgan fingerprint density at radius 3 is 1.92 bits per heavy atom. The van der Waals surface area contributed by atoms with E-state index in [0.29, 0.717) is 36.9 Å². The van der Waals surface area contributed by atoms with Gasteiger partial charge in [-0.15, -0.1) is 0 Å². The van der Waals surface area contributed by atoms with E-state index in [4.69, 9.17) is 15.2 Å². The quantitative estimate of drug-likeness (QED) is 0.715. The molecule has 0 aromatic heterocycles. The lowest BCUT2D eigenvalue weighted by atomic mass is 9.79. The van der Waals surface area contributed by atoms with E-state index < -0.39 is 0 Å². The molecule has 1 amide bonds. The molecular formula is C20H39NO4. The van der Waals surface area contributed by atoms with Gasteiger partial charge in [-0.25, -0.2) is 0 Å². The van der Waals surface area contributed by atoms with Crippen molar-refractivity contribution in [1.29, 1.82) is 0 Å². The van der Waals surface area contributed by atoms with Crippen LogP contribution >= 0.6 is 0 Å². The molecule has 2 saturated carbocycles. The summed E-state index contributed by atoms with van der Waals surface area (Å²) >= 11 is 0. The average Bonchev–Trinajstić information content (AvgIpc) is 2.47. The highest BCUT2D eigenvalue weighted by atomic mass is 16.5. The van der Waals surface area contributed by atoms with E-state index in [1.807, 2.05) is 13.8 Å². The second-order valence-corrected chi connectivity index (χ2v) is 7.86. The van der Waals surface area contributed by atoms with E-state index in [-0.39, 0.29) is 19.4 Å². The zero-order valence-corrected chi connectivity index (χ0v) is 16.5. The third-order valence-corrected chi connectivity index (χ3v) is 4.86. The van der Waals surface area contributed by atoms with E-state index in [9.17, 15) is 9.59 Å². The van der Waals surface area contributed by atoms with Crippen LogP contribution in [0.15, 0.2) is 0 Å². The van der Waals surface area contributed by atoms with Crippen LogP contribution in [0.4, 0.5) is 0 Å². The standard InChI is InChI=1S/C12H23NO3.C8H14O.H2/c1-9(2)16-11-5-3-10(4-6-11)15-8-7-12(13)14;1-6(2)8(9)7-4-3-5-7;/h9-11H,3-8H2,1-2H3,(H2,13,14);6-7H,3-5H2,1-2H3;1H. The minimum absolute atomic E-state index is 0. The largest absolute Gasteiger partial charge is 0.378 e. The molecule has 0 atom stereocenters. The summed E-state index contributed by atoms with van der Waals surface area (Å²) in [6.45, 7) is 8.56. The summed E-state index contributed by atoms with van der Waals surface area (Å²) in [4.78, 5) is 21.7. The molecule has 25 heavy (non-hydrogen) atoms. The van der Waals surface area contributed by atoms with Crippen molar-refractivity contribution in [1.82, 2.24) is 0 Å². The van der Waals surface area contributed by atoms with E-state index >= 15 is 0 Å². The Morgan fingerprint density at radius 2 is 1.56 bits per heavy atom. The van der Waals surface area contributed by atoms with Gasteiger partial charge in [-0.2, -0.15) is 0 Å². The molecule has 5 nitrogen and oxygen atoms in total. The van der Waals surface area contributed by atoms with E-state index in [0.717, 1.165) is 38.5 Å². The summed E-state index contributed by atoms with van der Waals surface area (Å²) in [6, 6.07) is 0. The molecule has 0 aromatic carbocycles. The number of carbonyl (C=O) groups is 2. The monoisotopic (exact) mass is 357 g/mol. The Labute approximate surface area is 154 Å². The highest BCUT2D eigenvalue weighted by Gasteiger charge is 2.26. The Kier molecular flexibility index (Phi) is 10.3. The lowest BCUT2D eigenvalue weighted by molar-refractivity contribution is -0.128. The fourth-order valence-electron chi connectivity index (χ4n) is 3.21. The molecule has 0 saturated heterocycles. The Balaban J connectivity index is 0.000000532. The average molecular weight is 358 g/mol. The summed E-state index contributed by atoms with van der Waals surface area (Å²) in [5.74, 6) is 0.873. The van der Waals surface area contributed by atoms with Crippen molar-refractivity contribution >= 4 is 11.7 Å². The van der Waals surface area contributed by atoms with Crippen LogP contribution in [0.1, 0.15) is 80.5 Å². The number of carbonyl (C=O) groups excluding carboxylic acids is 2. The predicted octanol–water partition coefficient (Wildman–Crippen LogP) is 3.87. The maximum absolute atomic E-state index is 11.1. The van der Waals surface area contributed by atoms with Gasteiger partial charge in [-0.05, 0) is 52.4 Å². The highest BCUT2D eigenvalue weighted by Crippen LogP contribution is 2.29. The molecular weight excluding hydrogens is 318 g/mol. The number of nitrogens with two attached hydrogens (primary N) is 1. The first-order valence-electron chi connectivity index (χ1n) is 9.88. The molecule has 0 aromatic rings. The van der Waals surface area contributed by atoms with Gasteiger partial charge in [0.2, 0.25) is 5.91 Å². The molecule has 0 heterocycles. The number of ketones is 1. The number of Topliss-reactive ketones (excluding diaryl/α,β-unsaturated/α-hetero) is 1. The molecule has 148 valence electrons. The van der Waals surface area contributed by atoms with E-state index in [1.165, 1.54) is 6.42 Å². The van der Waals surface area contributed by atoms with Crippen molar-refractivity contribution in [2.24, 2.45) is 17.6 Å². The molecule has 0 aliphatic heterocycles. The van der Waals surface area contributed by atoms with Gasteiger partial charge in [-0.1, -0.05) is 20.3 Å². The van der Waals surface area contributed by atoms with Gasteiger partial charge >= 0.3 is 0 Å². The van der Waals surface area contributed by atoms with Crippen LogP contribution in [-0.2, 0) is 19.1 Å². The van der Waals surface area contributed by atoms with Crippen LogP contribution in [0.5, 0.6) is 0 Å². The minimum Gasteiger partial charge on any atom is -0.378 e. The molecule has 0 radical (unpaired) electrons. The molecule has 2 aliphatic rings. The van der Waals surface area contributed by atoms with Crippen molar-refractivity contribution in [3.8, 4) is 0 Å². The lowest BCUT2D eigenvalue weighted by Crippen LogP contribution is -2.29. The Morgan fingerprint density at radius 1 is 1.00 bits per heavy atom. The predicted molar refractivity (Wildman–Crippen MR) is 101 cm³/mol. The number of rotatable bonds is 8. The summed E-state index contributed by atoms with van der Waals surface area (Å²) < 4.78 is 11.3. The van der Waals surface area contributed by atoms with E-state index in [2.05, 4.69) is 13.8 Å². The first kappa shape index (κ1) is 22.1. The third-order valence-electron chi connectivity index (χ3n) is 4.86. The lowest BCUT2D eigenvalue weighted by Gasteiger charge is -2.29. The topological polar surface area (TPSA) is 78.6 Å². The second kappa shape index (κ2) is 11.6. The van der Waals surface area contributed by atoms with Crippen LogP contribution in [0.2, 0.25) is 0 Å². The molecule has 2 rings (SSSR count). The maximum Gasteiger partial charge on any atom is 0.219 e. The smallest absolute Gasteiger partial charge is 0.219 e. The first-order chi connectivity index (χ1) is 11.8. The van der Waals surface area contributed by atoms with Gasteiger partial charge in [0.1, 0.15) is 5.78 Å². The SMILES string of the molecule is CC(C)C(=O)C1CCC1.CC(C)OC1CCC(OCCC(N)=O)CC1.[HH]. The molecule has 0 spiro atoms. The molecule has 0 bridgehead atoms. The van der Waals surface area contributed by atoms with Crippen LogP contribution in [-0.4, -0.2) is 36.6 Å². The summed E-state index contributed by atoms with van der Waals surface area (Å²) in [7, 11) is 0. The van der Waals surface area contributed by atoms with Crippen molar-refractivity contribution in [3.05, 3.63) is 0 Å². The van der Waals surface area contributed by atoms with Gasteiger partial charge in [-0.3, -0.25) is 9.59 Å². The number of primary amides is 1. The molecule has 5 heteroatoms. The van der Waals surface area contributed by atoms with Gasteiger partial charge < -0.3 is 15.2 Å². The first-order valence-corrected chi connectivity index (χ1v) is 9.88. The van der Waals surface area contributed by atoms with Crippen molar-refractivity contribution in [3.63, 3.8) is 0 Å². The fourth-order valence-corrected chi connectivity index (χ4v) is 3.21. The summed E-state index contributed by atoms with van der Waals surface area (Å²) in [5.41, 5.74) is 5.05.